The number of fused-ring (bicyclic) bond motifs is 1. The van der Waals surface area contributed by atoms with Crippen LogP contribution in [0, 0.1) is 0 Å². The number of aromatic nitrogens is 2. The molecule has 2 heterocycles. The fraction of sp³-hybridized carbons (Fsp3) is 0.300. The quantitative estimate of drug-likeness (QED) is 0.843. The molecule has 0 aromatic carbocycles. The van der Waals surface area contributed by atoms with Crippen LogP contribution in [0.25, 0.3) is 4.96 Å². The van der Waals surface area contributed by atoms with Gasteiger partial charge in [0.2, 0.25) is 0 Å². The lowest BCUT2D eigenvalue weighted by molar-refractivity contribution is 0.0941. The van der Waals surface area contributed by atoms with Crippen molar-refractivity contribution >= 4 is 22.2 Å². The van der Waals surface area contributed by atoms with E-state index >= 15 is 0 Å². The Labute approximate surface area is 95.8 Å². The molecule has 0 spiro atoms. The summed E-state index contributed by atoms with van der Waals surface area (Å²) in [6.45, 7) is 3.68. The average molecular weight is 237 g/mol. The first-order valence-electron chi connectivity index (χ1n) is 4.85. The fourth-order valence-corrected chi connectivity index (χ4v) is 2.00. The maximum Gasteiger partial charge on any atom is 0.271 e. The number of nitrogens with one attached hydrogen (secondary N) is 1. The van der Waals surface area contributed by atoms with Gasteiger partial charge in [-0.05, 0) is 13.8 Å². The molecule has 5 nitrogen and oxygen atoms in total. The first-order valence-corrected chi connectivity index (χ1v) is 5.73. The molecular formula is C10H11N3O2S. The Bertz CT molecular complexity index is 585. The third-order valence-corrected chi connectivity index (χ3v) is 2.78. The summed E-state index contributed by atoms with van der Waals surface area (Å²) in [6, 6.07) is -0.00456. The van der Waals surface area contributed by atoms with E-state index < -0.39 is 0 Å². The van der Waals surface area contributed by atoms with Crippen molar-refractivity contribution in [1.29, 1.82) is 0 Å². The molecule has 0 aliphatic carbocycles. The predicted molar refractivity (Wildman–Crippen MR) is 61.9 cm³/mol. The van der Waals surface area contributed by atoms with E-state index in [1.54, 1.807) is 11.6 Å². The molecule has 0 unspecified atom stereocenters. The van der Waals surface area contributed by atoms with Gasteiger partial charge in [0.05, 0.1) is 0 Å². The zero-order valence-corrected chi connectivity index (χ0v) is 9.75. The number of thiazole rings is 1. The molecule has 84 valence electrons. The zero-order valence-electron chi connectivity index (χ0n) is 8.93. The van der Waals surface area contributed by atoms with Gasteiger partial charge >= 0.3 is 0 Å². The molecular weight excluding hydrogens is 226 g/mol. The van der Waals surface area contributed by atoms with Gasteiger partial charge in [0.1, 0.15) is 5.56 Å². The van der Waals surface area contributed by atoms with Crippen LogP contribution in [0.5, 0.6) is 0 Å². The third kappa shape index (κ3) is 1.83. The standard InChI is InChI=1S/C10H11N3O2S/c1-6(2)12-8(14)7-5-11-10-13(9(7)15)3-4-16-10/h3-6H,1-2H3,(H,12,14). The molecule has 0 atom stereocenters. The smallest absolute Gasteiger partial charge is 0.271 e. The molecule has 2 rings (SSSR count). The summed E-state index contributed by atoms with van der Waals surface area (Å²) < 4.78 is 1.37. The summed E-state index contributed by atoms with van der Waals surface area (Å²) in [4.78, 5) is 28.2. The van der Waals surface area contributed by atoms with Gasteiger partial charge in [0, 0.05) is 23.8 Å². The zero-order chi connectivity index (χ0) is 11.7. The Morgan fingerprint density at radius 1 is 1.56 bits per heavy atom. The van der Waals surface area contributed by atoms with Crippen molar-refractivity contribution in [2.75, 3.05) is 0 Å². The van der Waals surface area contributed by atoms with E-state index in [-0.39, 0.29) is 23.1 Å². The van der Waals surface area contributed by atoms with Crippen molar-refractivity contribution in [1.82, 2.24) is 14.7 Å². The Hall–Kier alpha value is -1.69. The highest BCUT2D eigenvalue weighted by atomic mass is 32.1. The SMILES string of the molecule is CC(C)NC(=O)c1cnc2sccn2c1=O. The van der Waals surface area contributed by atoms with Crippen LogP contribution in [0.4, 0.5) is 0 Å². The number of nitrogens with zero attached hydrogens (tertiary/aromatic N) is 2. The van der Waals surface area contributed by atoms with Crippen molar-refractivity contribution < 1.29 is 4.79 Å². The van der Waals surface area contributed by atoms with E-state index in [0.29, 0.717) is 4.96 Å². The van der Waals surface area contributed by atoms with Gasteiger partial charge in [-0.15, -0.1) is 11.3 Å². The van der Waals surface area contributed by atoms with E-state index in [9.17, 15) is 9.59 Å². The van der Waals surface area contributed by atoms with Gasteiger partial charge in [-0.2, -0.15) is 0 Å². The molecule has 0 aliphatic rings. The highest BCUT2D eigenvalue weighted by Gasteiger charge is 2.13. The molecule has 2 aromatic rings. The number of rotatable bonds is 2. The van der Waals surface area contributed by atoms with Crippen LogP contribution in [0.3, 0.4) is 0 Å². The van der Waals surface area contributed by atoms with Crippen molar-refractivity contribution in [3.05, 3.63) is 33.7 Å². The second-order valence-electron chi connectivity index (χ2n) is 3.66. The molecule has 0 bridgehead atoms. The lowest BCUT2D eigenvalue weighted by Gasteiger charge is -2.07. The van der Waals surface area contributed by atoms with Crippen LogP contribution in [-0.4, -0.2) is 21.3 Å². The van der Waals surface area contributed by atoms with Crippen LogP contribution in [0.15, 0.2) is 22.6 Å². The summed E-state index contributed by atoms with van der Waals surface area (Å²) in [5.41, 5.74) is -0.256. The minimum Gasteiger partial charge on any atom is -0.350 e. The number of carbonyl (C=O) groups is 1. The normalized spacial score (nSPS) is 10.9. The van der Waals surface area contributed by atoms with E-state index in [0.717, 1.165) is 0 Å². The molecule has 2 aromatic heterocycles. The van der Waals surface area contributed by atoms with E-state index in [1.807, 2.05) is 13.8 Å². The van der Waals surface area contributed by atoms with Gasteiger partial charge in [-0.25, -0.2) is 4.98 Å². The molecule has 0 radical (unpaired) electrons. The van der Waals surface area contributed by atoms with Crippen LogP contribution >= 0.6 is 11.3 Å². The molecule has 16 heavy (non-hydrogen) atoms. The van der Waals surface area contributed by atoms with Crippen LogP contribution < -0.4 is 10.9 Å². The average Bonchev–Trinajstić information content (AvgIpc) is 2.65. The second-order valence-corrected chi connectivity index (χ2v) is 4.53. The minimum atomic E-state index is -0.381. The molecule has 0 saturated carbocycles. The summed E-state index contributed by atoms with van der Waals surface area (Å²) in [7, 11) is 0. The maximum absolute atomic E-state index is 11.9. The summed E-state index contributed by atoms with van der Waals surface area (Å²) in [5, 5.41) is 4.43. The first kappa shape index (κ1) is 10.8. The van der Waals surface area contributed by atoms with Crippen molar-refractivity contribution in [2.24, 2.45) is 0 Å². The van der Waals surface area contributed by atoms with Gasteiger partial charge in [0.25, 0.3) is 11.5 Å². The number of hydrogen-bond acceptors (Lipinski definition) is 4. The molecule has 0 saturated heterocycles. The molecule has 0 fully saturated rings. The third-order valence-electron chi connectivity index (χ3n) is 2.01. The van der Waals surface area contributed by atoms with E-state index in [4.69, 9.17) is 0 Å². The fourth-order valence-electron chi connectivity index (χ4n) is 1.32. The van der Waals surface area contributed by atoms with Crippen molar-refractivity contribution in [3.8, 4) is 0 Å². The Morgan fingerprint density at radius 3 is 3.00 bits per heavy atom. The van der Waals surface area contributed by atoms with Gasteiger partial charge in [0.15, 0.2) is 4.96 Å². The predicted octanol–water partition coefficient (Wildman–Crippen LogP) is 0.894. The highest BCUT2D eigenvalue weighted by molar-refractivity contribution is 7.15. The highest BCUT2D eigenvalue weighted by Crippen LogP contribution is 2.05. The molecule has 0 aliphatic heterocycles. The van der Waals surface area contributed by atoms with Crippen molar-refractivity contribution in [3.63, 3.8) is 0 Å². The molecule has 6 heteroatoms. The van der Waals surface area contributed by atoms with E-state index in [1.165, 1.54) is 21.9 Å². The largest absolute Gasteiger partial charge is 0.350 e. The summed E-state index contributed by atoms with van der Waals surface area (Å²) >= 11 is 1.36. The topological polar surface area (TPSA) is 63.5 Å². The lowest BCUT2D eigenvalue weighted by atomic mass is 10.3. The number of hydrogen-bond donors (Lipinski definition) is 1. The lowest BCUT2D eigenvalue weighted by Crippen LogP contribution is -2.35. The number of carbonyl (C=O) groups excluding carboxylic acids is 1. The minimum absolute atomic E-state index is 0.00456. The Balaban J connectivity index is 2.49. The van der Waals surface area contributed by atoms with Gasteiger partial charge in [-0.3, -0.25) is 14.0 Å². The van der Waals surface area contributed by atoms with Crippen LogP contribution in [0.2, 0.25) is 0 Å². The van der Waals surface area contributed by atoms with Crippen LogP contribution in [-0.2, 0) is 0 Å². The van der Waals surface area contributed by atoms with E-state index in [2.05, 4.69) is 10.3 Å². The Kier molecular flexibility index (Phi) is 2.74. The molecule has 1 amide bonds. The van der Waals surface area contributed by atoms with Gasteiger partial charge < -0.3 is 5.32 Å². The first-order chi connectivity index (χ1) is 7.59. The second kappa shape index (κ2) is 4.05. The van der Waals surface area contributed by atoms with Crippen molar-refractivity contribution in [2.45, 2.75) is 19.9 Å². The Morgan fingerprint density at radius 2 is 2.31 bits per heavy atom. The van der Waals surface area contributed by atoms with Crippen LogP contribution in [0.1, 0.15) is 24.2 Å². The summed E-state index contributed by atoms with van der Waals surface area (Å²) in [6.07, 6.45) is 2.94. The summed E-state index contributed by atoms with van der Waals surface area (Å²) in [5.74, 6) is -0.381. The van der Waals surface area contributed by atoms with Gasteiger partial charge in [-0.1, -0.05) is 0 Å². The maximum atomic E-state index is 11.9. The number of amides is 1. The monoisotopic (exact) mass is 237 g/mol. The molecule has 1 N–H and O–H groups in total.